The van der Waals surface area contributed by atoms with Crippen LogP contribution in [0, 0.1) is 5.92 Å². The standard InChI is InChI=1S/C22H32N6O2/c1-4-27(5-2)22(30)21-16-28(25-24-21)15-19-7-6-12-26(14-19)13-18-8-10-20(11-9-18)23-17(3)29/h8-11,16,19H,4-7,12-15H2,1-3H3,(H,23,29). The third-order valence-corrected chi connectivity index (χ3v) is 5.54. The number of aromatic nitrogens is 3. The molecule has 1 N–H and O–H groups in total. The molecule has 0 bridgehead atoms. The van der Waals surface area contributed by atoms with E-state index >= 15 is 0 Å². The number of amides is 2. The molecule has 0 spiro atoms. The Morgan fingerprint density at radius 1 is 1.20 bits per heavy atom. The molecule has 0 radical (unpaired) electrons. The van der Waals surface area contributed by atoms with E-state index in [0.717, 1.165) is 44.7 Å². The molecule has 1 saturated heterocycles. The number of carbonyl (C=O) groups excluding carboxylic acids is 2. The topological polar surface area (TPSA) is 83.4 Å². The maximum absolute atomic E-state index is 12.4. The first-order valence-corrected chi connectivity index (χ1v) is 10.8. The van der Waals surface area contributed by atoms with Gasteiger partial charge in [0.1, 0.15) is 0 Å². The van der Waals surface area contributed by atoms with Crippen LogP contribution in [0.5, 0.6) is 0 Å². The number of carbonyl (C=O) groups is 2. The van der Waals surface area contributed by atoms with Gasteiger partial charge in [0.05, 0.1) is 6.20 Å². The van der Waals surface area contributed by atoms with E-state index in [1.807, 2.05) is 30.7 Å². The van der Waals surface area contributed by atoms with Crippen molar-refractivity contribution in [2.75, 3.05) is 31.5 Å². The van der Waals surface area contributed by atoms with Crippen LogP contribution in [-0.2, 0) is 17.9 Å². The Labute approximate surface area is 178 Å². The van der Waals surface area contributed by atoms with Gasteiger partial charge in [0.15, 0.2) is 5.69 Å². The number of benzene rings is 1. The lowest BCUT2D eigenvalue weighted by molar-refractivity contribution is -0.114. The summed E-state index contributed by atoms with van der Waals surface area (Å²) in [4.78, 5) is 27.8. The molecule has 3 rings (SSSR count). The summed E-state index contributed by atoms with van der Waals surface area (Å²) in [6, 6.07) is 8.03. The van der Waals surface area contributed by atoms with E-state index in [1.165, 1.54) is 12.5 Å². The van der Waals surface area contributed by atoms with E-state index in [4.69, 9.17) is 0 Å². The van der Waals surface area contributed by atoms with Gasteiger partial charge in [0.2, 0.25) is 5.91 Å². The molecule has 2 amide bonds. The number of anilines is 1. The molecule has 8 nitrogen and oxygen atoms in total. The zero-order valence-electron chi connectivity index (χ0n) is 18.2. The van der Waals surface area contributed by atoms with Crippen LogP contribution in [0.1, 0.15) is 49.7 Å². The molecule has 1 unspecified atom stereocenters. The summed E-state index contributed by atoms with van der Waals surface area (Å²) < 4.78 is 1.81. The first kappa shape index (κ1) is 22.0. The summed E-state index contributed by atoms with van der Waals surface area (Å²) in [7, 11) is 0. The van der Waals surface area contributed by atoms with E-state index in [2.05, 4.69) is 32.7 Å². The number of nitrogens with one attached hydrogen (secondary N) is 1. The van der Waals surface area contributed by atoms with E-state index in [1.54, 1.807) is 11.1 Å². The molecular weight excluding hydrogens is 380 g/mol. The maximum Gasteiger partial charge on any atom is 0.276 e. The first-order chi connectivity index (χ1) is 14.5. The minimum absolute atomic E-state index is 0.0563. The average Bonchev–Trinajstić information content (AvgIpc) is 3.19. The largest absolute Gasteiger partial charge is 0.338 e. The second-order valence-corrected chi connectivity index (χ2v) is 7.92. The Kier molecular flexibility index (Phi) is 7.57. The fourth-order valence-electron chi connectivity index (χ4n) is 4.02. The van der Waals surface area contributed by atoms with Crippen molar-refractivity contribution in [1.82, 2.24) is 24.8 Å². The Balaban J connectivity index is 1.54. The fourth-order valence-corrected chi connectivity index (χ4v) is 4.02. The number of rotatable bonds is 8. The van der Waals surface area contributed by atoms with Gasteiger partial charge in [0, 0.05) is 45.3 Å². The van der Waals surface area contributed by atoms with Crippen LogP contribution in [0.3, 0.4) is 0 Å². The van der Waals surface area contributed by atoms with Gasteiger partial charge >= 0.3 is 0 Å². The zero-order valence-corrected chi connectivity index (χ0v) is 18.2. The Hall–Kier alpha value is -2.74. The number of hydrogen-bond acceptors (Lipinski definition) is 5. The minimum atomic E-state index is -0.0586. The maximum atomic E-state index is 12.4. The summed E-state index contributed by atoms with van der Waals surface area (Å²) in [5.74, 6) is 0.367. The van der Waals surface area contributed by atoms with Crippen LogP contribution in [0.25, 0.3) is 0 Å². The Bertz CT molecular complexity index is 844. The van der Waals surface area contributed by atoms with Crippen molar-refractivity contribution in [1.29, 1.82) is 0 Å². The van der Waals surface area contributed by atoms with E-state index in [-0.39, 0.29) is 11.8 Å². The summed E-state index contributed by atoms with van der Waals surface area (Å²) in [5, 5.41) is 11.1. The van der Waals surface area contributed by atoms with Gasteiger partial charge in [0.25, 0.3) is 5.91 Å². The highest BCUT2D eigenvalue weighted by atomic mass is 16.2. The molecule has 2 aromatic rings. The zero-order chi connectivity index (χ0) is 21.5. The van der Waals surface area contributed by atoms with Gasteiger partial charge in [-0.05, 0) is 56.8 Å². The second kappa shape index (κ2) is 10.3. The Morgan fingerprint density at radius 3 is 2.60 bits per heavy atom. The van der Waals surface area contributed by atoms with Crippen molar-refractivity contribution in [2.24, 2.45) is 5.92 Å². The van der Waals surface area contributed by atoms with Crippen molar-refractivity contribution < 1.29 is 9.59 Å². The Morgan fingerprint density at radius 2 is 1.93 bits per heavy atom. The van der Waals surface area contributed by atoms with Crippen LogP contribution in [0.15, 0.2) is 30.5 Å². The molecule has 2 heterocycles. The predicted molar refractivity (Wildman–Crippen MR) is 116 cm³/mol. The normalized spacial score (nSPS) is 17.0. The molecule has 1 aromatic heterocycles. The van der Waals surface area contributed by atoms with Crippen LogP contribution in [0.4, 0.5) is 5.69 Å². The summed E-state index contributed by atoms with van der Waals surface area (Å²) in [6.07, 6.45) is 4.08. The van der Waals surface area contributed by atoms with E-state index in [9.17, 15) is 9.59 Å². The molecule has 0 saturated carbocycles. The van der Waals surface area contributed by atoms with Crippen molar-refractivity contribution in [3.8, 4) is 0 Å². The minimum Gasteiger partial charge on any atom is -0.338 e. The molecule has 0 aliphatic carbocycles. The monoisotopic (exact) mass is 412 g/mol. The highest BCUT2D eigenvalue weighted by Crippen LogP contribution is 2.21. The second-order valence-electron chi connectivity index (χ2n) is 7.92. The predicted octanol–water partition coefficient (Wildman–Crippen LogP) is 2.63. The molecule has 8 heteroatoms. The summed E-state index contributed by atoms with van der Waals surface area (Å²) in [6.45, 7) is 10.5. The SMILES string of the molecule is CCN(CC)C(=O)c1cn(CC2CCCN(Cc3ccc(NC(C)=O)cc3)C2)nn1. The lowest BCUT2D eigenvalue weighted by Gasteiger charge is -2.32. The average molecular weight is 413 g/mol. The molecule has 1 fully saturated rings. The highest BCUT2D eigenvalue weighted by Gasteiger charge is 2.22. The van der Waals surface area contributed by atoms with Crippen molar-refractivity contribution in [3.05, 3.63) is 41.7 Å². The smallest absolute Gasteiger partial charge is 0.276 e. The van der Waals surface area contributed by atoms with Crippen LogP contribution >= 0.6 is 0 Å². The molecule has 1 atom stereocenters. The third kappa shape index (κ3) is 5.89. The van der Waals surface area contributed by atoms with Crippen molar-refractivity contribution in [3.63, 3.8) is 0 Å². The molecule has 30 heavy (non-hydrogen) atoms. The van der Waals surface area contributed by atoms with Gasteiger partial charge in [-0.15, -0.1) is 5.10 Å². The lowest BCUT2D eigenvalue weighted by atomic mass is 9.97. The highest BCUT2D eigenvalue weighted by molar-refractivity contribution is 5.91. The van der Waals surface area contributed by atoms with E-state index in [0.29, 0.717) is 24.7 Å². The van der Waals surface area contributed by atoms with Gasteiger partial charge in [-0.3, -0.25) is 19.2 Å². The van der Waals surface area contributed by atoms with E-state index < -0.39 is 0 Å². The van der Waals surface area contributed by atoms with Gasteiger partial charge < -0.3 is 10.2 Å². The fraction of sp³-hybridized carbons (Fsp3) is 0.545. The molecule has 1 aromatic carbocycles. The van der Waals surface area contributed by atoms with Crippen molar-refractivity contribution >= 4 is 17.5 Å². The molecule has 162 valence electrons. The van der Waals surface area contributed by atoms with Crippen LogP contribution < -0.4 is 5.32 Å². The van der Waals surface area contributed by atoms with Crippen molar-refractivity contribution in [2.45, 2.75) is 46.7 Å². The van der Waals surface area contributed by atoms with Crippen LogP contribution in [0.2, 0.25) is 0 Å². The third-order valence-electron chi connectivity index (χ3n) is 5.54. The number of hydrogen-bond donors (Lipinski definition) is 1. The summed E-state index contributed by atoms with van der Waals surface area (Å²) in [5.41, 5.74) is 2.48. The summed E-state index contributed by atoms with van der Waals surface area (Å²) >= 11 is 0. The molecular formula is C22H32N6O2. The van der Waals surface area contributed by atoms with Gasteiger partial charge in [-0.2, -0.15) is 0 Å². The van der Waals surface area contributed by atoms with Gasteiger partial charge in [-0.1, -0.05) is 17.3 Å². The molecule has 1 aliphatic rings. The number of likely N-dealkylation sites (tertiary alicyclic amines) is 1. The first-order valence-electron chi connectivity index (χ1n) is 10.8. The van der Waals surface area contributed by atoms with Gasteiger partial charge in [-0.25, -0.2) is 0 Å². The number of piperidine rings is 1. The van der Waals surface area contributed by atoms with Crippen LogP contribution in [-0.4, -0.2) is 62.8 Å². The number of nitrogens with zero attached hydrogens (tertiary/aromatic N) is 5. The quantitative estimate of drug-likeness (QED) is 0.721. The molecule has 1 aliphatic heterocycles. The lowest BCUT2D eigenvalue weighted by Crippen LogP contribution is -2.36.